The highest BCUT2D eigenvalue weighted by molar-refractivity contribution is 9.10. The maximum absolute atomic E-state index is 5.98. The first-order chi connectivity index (χ1) is 7.56. The van der Waals surface area contributed by atoms with Gasteiger partial charge in [0, 0.05) is 34.1 Å². The number of rotatable bonds is 5. The number of hydrogen-bond donors (Lipinski definition) is 1. The van der Waals surface area contributed by atoms with Crippen LogP contribution in [0.3, 0.4) is 0 Å². The fourth-order valence-electron chi connectivity index (χ4n) is 1.52. The summed E-state index contributed by atoms with van der Waals surface area (Å²) >= 11 is 5.42. The van der Waals surface area contributed by atoms with E-state index in [1.54, 1.807) is 0 Å². The molecule has 0 aliphatic heterocycles. The number of halogens is 1. The number of nitrogen functional groups attached to an aromatic ring is 1. The third kappa shape index (κ3) is 3.68. The van der Waals surface area contributed by atoms with Crippen LogP contribution in [0, 0.1) is 0 Å². The van der Waals surface area contributed by atoms with Crippen LogP contribution in [0.15, 0.2) is 22.7 Å². The van der Waals surface area contributed by atoms with Crippen molar-refractivity contribution in [1.29, 1.82) is 0 Å². The summed E-state index contributed by atoms with van der Waals surface area (Å²) in [5, 5.41) is 0. The van der Waals surface area contributed by atoms with E-state index in [2.05, 4.69) is 41.1 Å². The van der Waals surface area contributed by atoms with E-state index in [9.17, 15) is 0 Å². The number of nitrogens with two attached hydrogens (primary N) is 1. The van der Waals surface area contributed by atoms with Crippen LogP contribution in [0.1, 0.15) is 12.5 Å². The van der Waals surface area contributed by atoms with E-state index in [4.69, 9.17) is 5.73 Å². The van der Waals surface area contributed by atoms with Gasteiger partial charge >= 0.3 is 0 Å². The van der Waals surface area contributed by atoms with Crippen molar-refractivity contribution in [2.75, 3.05) is 24.8 Å². The minimum Gasteiger partial charge on any atom is -0.398 e. The molecule has 1 aromatic carbocycles. The molecule has 0 aliphatic carbocycles. The summed E-state index contributed by atoms with van der Waals surface area (Å²) in [6.45, 7) is 3.12. The molecule has 0 bridgehead atoms. The second-order valence-electron chi connectivity index (χ2n) is 4.03. The number of benzene rings is 1. The minimum atomic E-state index is 0.557. The SMILES string of the molecule is CSCC(C)N(C)Cc1c(N)cccc1Br. The summed E-state index contributed by atoms with van der Waals surface area (Å²) in [6.07, 6.45) is 2.14. The van der Waals surface area contributed by atoms with Crippen LogP contribution >= 0.6 is 27.7 Å². The van der Waals surface area contributed by atoms with Gasteiger partial charge < -0.3 is 5.73 Å². The van der Waals surface area contributed by atoms with Gasteiger partial charge in [0.2, 0.25) is 0 Å². The van der Waals surface area contributed by atoms with Gasteiger partial charge in [-0.05, 0) is 32.4 Å². The Labute approximate surface area is 111 Å². The van der Waals surface area contributed by atoms with Crippen LogP contribution in [-0.4, -0.2) is 30.0 Å². The van der Waals surface area contributed by atoms with Gasteiger partial charge in [-0.1, -0.05) is 22.0 Å². The Kier molecular flexibility index (Phi) is 5.66. The largest absolute Gasteiger partial charge is 0.398 e. The summed E-state index contributed by atoms with van der Waals surface area (Å²) in [5.41, 5.74) is 8.02. The van der Waals surface area contributed by atoms with Gasteiger partial charge in [-0.2, -0.15) is 11.8 Å². The second-order valence-corrected chi connectivity index (χ2v) is 5.79. The topological polar surface area (TPSA) is 29.3 Å². The van der Waals surface area contributed by atoms with E-state index in [1.165, 1.54) is 5.56 Å². The standard InChI is InChI=1S/C12H19BrN2S/c1-9(8-16-3)15(2)7-10-11(13)5-4-6-12(10)14/h4-6,9H,7-8,14H2,1-3H3. The van der Waals surface area contributed by atoms with Gasteiger partial charge in [0.05, 0.1) is 0 Å². The highest BCUT2D eigenvalue weighted by Crippen LogP contribution is 2.24. The Morgan fingerprint density at radius 3 is 2.75 bits per heavy atom. The third-order valence-corrected chi connectivity index (χ3v) is 4.28. The maximum Gasteiger partial charge on any atom is 0.0371 e. The maximum atomic E-state index is 5.98. The van der Waals surface area contributed by atoms with E-state index in [0.717, 1.165) is 22.5 Å². The molecule has 90 valence electrons. The Bertz CT molecular complexity index is 324. The van der Waals surface area contributed by atoms with Gasteiger partial charge in [-0.3, -0.25) is 4.90 Å². The average Bonchev–Trinajstić information content (AvgIpc) is 2.23. The number of thioether (sulfide) groups is 1. The van der Waals surface area contributed by atoms with Crippen molar-refractivity contribution < 1.29 is 0 Å². The van der Waals surface area contributed by atoms with Crippen LogP contribution in [0.5, 0.6) is 0 Å². The molecule has 16 heavy (non-hydrogen) atoms. The first kappa shape index (κ1) is 13.9. The molecule has 4 heteroatoms. The zero-order chi connectivity index (χ0) is 12.1. The van der Waals surface area contributed by atoms with Gasteiger partial charge in [-0.25, -0.2) is 0 Å². The van der Waals surface area contributed by atoms with Crippen molar-refractivity contribution in [2.24, 2.45) is 0 Å². The number of hydrogen-bond acceptors (Lipinski definition) is 3. The fraction of sp³-hybridized carbons (Fsp3) is 0.500. The van der Waals surface area contributed by atoms with Gasteiger partial charge in [0.1, 0.15) is 0 Å². The van der Waals surface area contributed by atoms with Crippen molar-refractivity contribution in [3.05, 3.63) is 28.2 Å². The lowest BCUT2D eigenvalue weighted by atomic mass is 10.1. The smallest absolute Gasteiger partial charge is 0.0371 e. The Hall–Kier alpha value is -0.190. The first-order valence-corrected chi connectivity index (χ1v) is 7.47. The van der Waals surface area contributed by atoms with Crippen molar-refractivity contribution in [3.63, 3.8) is 0 Å². The molecule has 1 rings (SSSR count). The Balaban J connectivity index is 2.72. The van der Waals surface area contributed by atoms with E-state index >= 15 is 0 Å². The lowest BCUT2D eigenvalue weighted by molar-refractivity contribution is 0.269. The molecule has 0 amide bonds. The molecule has 1 aromatic rings. The molecule has 0 spiro atoms. The normalized spacial score (nSPS) is 13.1. The second kappa shape index (κ2) is 6.52. The summed E-state index contributed by atoms with van der Waals surface area (Å²) in [4.78, 5) is 2.33. The predicted molar refractivity (Wildman–Crippen MR) is 77.9 cm³/mol. The Morgan fingerprint density at radius 1 is 1.50 bits per heavy atom. The molecule has 0 saturated carbocycles. The molecule has 0 radical (unpaired) electrons. The lowest BCUT2D eigenvalue weighted by Crippen LogP contribution is -2.30. The molecule has 1 atom stereocenters. The molecule has 2 N–H and O–H groups in total. The monoisotopic (exact) mass is 302 g/mol. The van der Waals surface area contributed by atoms with E-state index < -0.39 is 0 Å². The number of nitrogens with zero attached hydrogens (tertiary/aromatic N) is 1. The highest BCUT2D eigenvalue weighted by Gasteiger charge is 2.12. The minimum absolute atomic E-state index is 0.557. The fourth-order valence-corrected chi connectivity index (χ4v) is 2.76. The van der Waals surface area contributed by atoms with Crippen molar-refractivity contribution in [2.45, 2.75) is 19.5 Å². The summed E-state index contributed by atoms with van der Waals surface area (Å²) < 4.78 is 1.09. The van der Waals surface area contributed by atoms with E-state index in [-0.39, 0.29) is 0 Å². The zero-order valence-electron chi connectivity index (χ0n) is 10.0. The van der Waals surface area contributed by atoms with Crippen LogP contribution in [0.2, 0.25) is 0 Å². The lowest BCUT2D eigenvalue weighted by Gasteiger charge is -2.25. The first-order valence-electron chi connectivity index (χ1n) is 5.28. The predicted octanol–water partition coefficient (Wildman–Crippen LogP) is 3.21. The van der Waals surface area contributed by atoms with Crippen molar-refractivity contribution >= 4 is 33.4 Å². The molecule has 0 saturated heterocycles. The van der Waals surface area contributed by atoms with Crippen LogP contribution in [0.25, 0.3) is 0 Å². The zero-order valence-corrected chi connectivity index (χ0v) is 12.4. The van der Waals surface area contributed by atoms with Crippen LogP contribution < -0.4 is 5.73 Å². The van der Waals surface area contributed by atoms with E-state index in [1.807, 2.05) is 30.0 Å². The molecule has 0 fully saturated rings. The number of anilines is 1. The molecule has 2 nitrogen and oxygen atoms in total. The molecular formula is C12H19BrN2S. The van der Waals surface area contributed by atoms with Crippen LogP contribution in [-0.2, 0) is 6.54 Å². The summed E-state index contributed by atoms with van der Waals surface area (Å²) in [6, 6.07) is 6.52. The van der Waals surface area contributed by atoms with Crippen LogP contribution in [0.4, 0.5) is 5.69 Å². The molecule has 0 aromatic heterocycles. The Morgan fingerprint density at radius 2 is 2.19 bits per heavy atom. The summed E-state index contributed by atoms with van der Waals surface area (Å²) in [7, 11) is 2.14. The molecule has 0 aliphatic rings. The summed E-state index contributed by atoms with van der Waals surface area (Å²) in [5.74, 6) is 1.14. The quantitative estimate of drug-likeness (QED) is 0.847. The van der Waals surface area contributed by atoms with Gasteiger partial charge in [0.15, 0.2) is 0 Å². The van der Waals surface area contributed by atoms with Gasteiger partial charge in [-0.15, -0.1) is 0 Å². The van der Waals surface area contributed by atoms with Gasteiger partial charge in [0.25, 0.3) is 0 Å². The molecular weight excluding hydrogens is 284 g/mol. The molecule has 0 heterocycles. The third-order valence-electron chi connectivity index (χ3n) is 2.72. The van der Waals surface area contributed by atoms with Crippen molar-refractivity contribution in [3.8, 4) is 0 Å². The molecule has 1 unspecified atom stereocenters. The van der Waals surface area contributed by atoms with E-state index in [0.29, 0.717) is 6.04 Å². The average molecular weight is 303 g/mol. The highest BCUT2D eigenvalue weighted by atomic mass is 79.9. The van der Waals surface area contributed by atoms with Crippen molar-refractivity contribution in [1.82, 2.24) is 4.90 Å².